The summed E-state index contributed by atoms with van der Waals surface area (Å²) >= 11 is 0. The highest BCUT2D eigenvalue weighted by Crippen LogP contribution is 2.18. The third-order valence-corrected chi connectivity index (χ3v) is 2.87. The molecule has 1 aliphatic rings. The fourth-order valence-electron chi connectivity index (χ4n) is 1.41. The van der Waals surface area contributed by atoms with Gasteiger partial charge >= 0.3 is 0 Å². The van der Waals surface area contributed by atoms with Gasteiger partial charge in [0.05, 0.1) is 12.6 Å². The van der Waals surface area contributed by atoms with Crippen molar-refractivity contribution in [3.63, 3.8) is 0 Å². The Labute approximate surface area is 81.4 Å². The molecule has 76 valence electrons. The summed E-state index contributed by atoms with van der Waals surface area (Å²) in [5.74, 6) is 1.25. The van der Waals surface area contributed by atoms with Crippen molar-refractivity contribution in [2.45, 2.75) is 40.2 Å². The molecule has 1 rings (SSSR count). The van der Waals surface area contributed by atoms with E-state index in [1.807, 2.05) is 0 Å². The Morgan fingerprint density at radius 3 is 2.69 bits per heavy atom. The van der Waals surface area contributed by atoms with E-state index in [2.05, 4.69) is 27.7 Å². The molecule has 0 aromatic heterocycles. The zero-order valence-electron chi connectivity index (χ0n) is 9.21. The van der Waals surface area contributed by atoms with Crippen LogP contribution in [0.4, 0.5) is 0 Å². The molecule has 2 heteroatoms. The van der Waals surface area contributed by atoms with Crippen LogP contribution in [0.2, 0.25) is 0 Å². The molecule has 0 radical (unpaired) electrons. The molecule has 0 saturated carbocycles. The lowest BCUT2D eigenvalue weighted by Gasteiger charge is -2.26. The number of hydrogen-bond donors (Lipinski definition) is 0. The van der Waals surface area contributed by atoms with Gasteiger partial charge in [0.15, 0.2) is 0 Å². The number of nitrogens with zero attached hydrogens (tertiary/aromatic N) is 1. The highest BCUT2D eigenvalue weighted by molar-refractivity contribution is 5.83. The highest BCUT2D eigenvalue weighted by atomic mass is 16.5. The van der Waals surface area contributed by atoms with E-state index in [4.69, 9.17) is 9.73 Å². The molecular weight excluding hydrogens is 162 g/mol. The van der Waals surface area contributed by atoms with Gasteiger partial charge in [0.1, 0.15) is 0 Å². The Hall–Kier alpha value is -0.370. The van der Waals surface area contributed by atoms with Crippen LogP contribution in [0.25, 0.3) is 0 Å². The molecule has 1 fully saturated rings. The van der Waals surface area contributed by atoms with Crippen molar-refractivity contribution in [1.29, 1.82) is 0 Å². The minimum atomic E-state index is 0.399. The maximum absolute atomic E-state index is 5.43. The van der Waals surface area contributed by atoms with Crippen LogP contribution in [0.1, 0.15) is 34.1 Å². The van der Waals surface area contributed by atoms with E-state index in [-0.39, 0.29) is 0 Å². The SMILES string of the molecule is C/C(=N\C1COCCC1C)C(C)C. The monoisotopic (exact) mass is 183 g/mol. The Morgan fingerprint density at radius 1 is 1.46 bits per heavy atom. The molecule has 2 unspecified atom stereocenters. The van der Waals surface area contributed by atoms with Crippen molar-refractivity contribution >= 4 is 5.71 Å². The topological polar surface area (TPSA) is 21.6 Å². The van der Waals surface area contributed by atoms with Gasteiger partial charge < -0.3 is 4.74 Å². The summed E-state index contributed by atoms with van der Waals surface area (Å²) in [6.45, 7) is 10.5. The Bertz CT molecular complexity index is 187. The van der Waals surface area contributed by atoms with Crippen LogP contribution in [-0.2, 0) is 4.74 Å². The fraction of sp³-hybridized carbons (Fsp3) is 0.909. The second-order valence-corrected chi connectivity index (χ2v) is 4.33. The molecule has 0 N–H and O–H groups in total. The molecule has 0 aromatic carbocycles. The zero-order valence-corrected chi connectivity index (χ0v) is 9.21. The Kier molecular flexibility index (Phi) is 3.91. The standard InChI is InChI=1S/C11H21NO/c1-8(2)10(4)12-11-7-13-6-5-9(11)3/h8-9,11H,5-7H2,1-4H3/b12-10+. The molecule has 0 spiro atoms. The minimum absolute atomic E-state index is 0.399. The first-order chi connectivity index (χ1) is 6.11. The molecule has 1 saturated heterocycles. The van der Waals surface area contributed by atoms with Gasteiger partial charge in [0.25, 0.3) is 0 Å². The van der Waals surface area contributed by atoms with Crippen molar-refractivity contribution in [1.82, 2.24) is 0 Å². The average molecular weight is 183 g/mol. The average Bonchev–Trinajstić information content (AvgIpc) is 2.08. The van der Waals surface area contributed by atoms with Crippen molar-refractivity contribution < 1.29 is 4.74 Å². The van der Waals surface area contributed by atoms with Gasteiger partial charge in [0.2, 0.25) is 0 Å². The lowest BCUT2D eigenvalue weighted by molar-refractivity contribution is 0.0552. The van der Waals surface area contributed by atoms with Crippen LogP contribution < -0.4 is 0 Å². The fourth-order valence-corrected chi connectivity index (χ4v) is 1.41. The summed E-state index contributed by atoms with van der Waals surface area (Å²) < 4.78 is 5.43. The van der Waals surface area contributed by atoms with Crippen LogP contribution in [-0.4, -0.2) is 25.0 Å². The third kappa shape index (κ3) is 3.11. The van der Waals surface area contributed by atoms with E-state index < -0.39 is 0 Å². The molecular formula is C11H21NO. The van der Waals surface area contributed by atoms with Crippen LogP contribution in [0.15, 0.2) is 4.99 Å². The minimum Gasteiger partial charge on any atom is -0.379 e. The molecule has 0 amide bonds. The molecule has 0 bridgehead atoms. The molecule has 2 nitrogen and oxygen atoms in total. The van der Waals surface area contributed by atoms with E-state index in [1.54, 1.807) is 0 Å². The van der Waals surface area contributed by atoms with Crippen molar-refractivity contribution in [3.8, 4) is 0 Å². The van der Waals surface area contributed by atoms with Crippen LogP contribution >= 0.6 is 0 Å². The second-order valence-electron chi connectivity index (χ2n) is 4.33. The number of hydrogen-bond acceptors (Lipinski definition) is 2. The zero-order chi connectivity index (χ0) is 9.84. The first-order valence-electron chi connectivity index (χ1n) is 5.23. The van der Waals surface area contributed by atoms with Crippen LogP contribution in [0.3, 0.4) is 0 Å². The van der Waals surface area contributed by atoms with Gasteiger partial charge in [-0.2, -0.15) is 0 Å². The van der Waals surface area contributed by atoms with E-state index in [0.29, 0.717) is 17.9 Å². The van der Waals surface area contributed by atoms with E-state index in [9.17, 15) is 0 Å². The van der Waals surface area contributed by atoms with E-state index in [1.165, 1.54) is 5.71 Å². The summed E-state index contributed by atoms with van der Waals surface area (Å²) in [6, 6.07) is 0.399. The summed E-state index contributed by atoms with van der Waals surface area (Å²) in [5.41, 5.74) is 1.25. The van der Waals surface area contributed by atoms with Crippen molar-refractivity contribution in [2.24, 2.45) is 16.8 Å². The van der Waals surface area contributed by atoms with Crippen molar-refractivity contribution in [3.05, 3.63) is 0 Å². The lowest BCUT2D eigenvalue weighted by atomic mass is 9.97. The molecule has 1 aliphatic heterocycles. The lowest BCUT2D eigenvalue weighted by Crippen LogP contribution is -2.30. The number of ether oxygens (including phenoxy) is 1. The summed E-state index contributed by atoms with van der Waals surface area (Å²) in [5, 5.41) is 0. The predicted molar refractivity (Wildman–Crippen MR) is 56.3 cm³/mol. The molecule has 2 atom stereocenters. The summed E-state index contributed by atoms with van der Waals surface area (Å²) in [4.78, 5) is 4.71. The highest BCUT2D eigenvalue weighted by Gasteiger charge is 2.21. The Morgan fingerprint density at radius 2 is 2.15 bits per heavy atom. The van der Waals surface area contributed by atoms with Crippen molar-refractivity contribution in [2.75, 3.05) is 13.2 Å². The second kappa shape index (κ2) is 4.75. The van der Waals surface area contributed by atoms with Gasteiger partial charge in [-0.3, -0.25) is 4.99 Å². The molecule has 13 heavy (non-hydrogen) atoms. The maximum atomic E-state index is 5.43. The summed E-state index contributed by atoms with van der Waals surface area (Å²) in [6.07, 6.45) is 1.15. The molecule has 1 heterocycles. The first kappa shape index (κ1) is 10.7. The molecule has 0 aliphatic carbocycles. The quantitative estimate of drug-likeness (QED) is 0.603. The largest absolute Gasteiger partial charge is 0.379 e. The number of aliphatic imine (C=N–C) groups is 1. The maximum Gasteiger partial charge on any atom is 0.0758 e. The van der Waals surface area contributed by atoms with Gasteiger partial charge in [0, 0.05) is 12.3 Å². The third-order valence-electron chi connectivity index (χ3n) is 2.87. The van der Waals surface area contributed by atoms with Gasteiger partial charge in [-0.1, -0.05) is 20.8 Å². The Balaban J connectivity index is 2.55. The predicted octanol–water partition coefficient (Wildman–Crippen LogP) is 2.53. The number of rotatable bonds is 2. The van der Waals surface area contributed by atoms with E-state index in [0.717, 1.165) is 19.6 Å². The van der Waals surface area contributed by atoms with Gasteiger partial charge in [-0.15, -0.1) is 0 Å². The first-order valence-corrected chi connectivity index (χ1v) is 5.23. The van der Waals surface area contributed by atoms with Crippen LogP contribution in [0.5, 0.6) is 0 Å². The normalized spacial score (nSPS) is 31.0. The summed E-state index contributed by atoms with van der Waals surface area (Å²) in [7, 11) is 0. The molecule has 0 aromatic rings. The van der Waals surface area contributed by atoms with Gasteiger partial charge in [-0.25, -0.2) is 0 Å². The smallest absolute Gasteiger partial charge is 0.0758 e. The van der Waals surface area contributed by atoms with Crippen LogP contribution in [0, 0.1) is 11.8 Å². The van der Waals surface area contributed by atoms with Gasteiger partial charge in [-0.05, 0) is 25.2 Å². The van der Waals surface area contributed by atoms with E-state index >= 15 is 0 Å².